The Morgan fingerprint density at radius 3 is 2.64 bits per heavy atom. The Labute approximate surface area is 131 Å². The number of amides is 2. The summed E-state index contributed by atoms with van der Waals surface area (Å²) in [5.74, 6) is -0.216. The van der Waals surface area contributed by atoms with Crippen LogP contribution in [0.5, 0.6) is 0 Å². The van der Waals surface area contributed by atoms with E-state index in [0.717, 1.165) is 24.9 Å². The first-order valence-electron chi connectivity index (χ1n) is 7.96. The lowest BCUT2D eigenvalue weighted by Crippen LogP contribution is -2.42. The van der Waals surface area contributed by atoms with Gasteiger partial charge in [-0.3, -0.25) is 9.59 Å². The second kappa shape index (κ2) is 8.54. The Hall–Kier alpha value is -1.88. The maximum absolute atomic E-state index is 11.7. The first-order chi connectivity index (χ1) is 10.6. The van der Waals surface area contributed by atoms with Crippen molar-refractivity contribution in [2.75, 3.05) is 19.6 Å². The molecule has 5 heteroatoms. The molecule has 2 rings (SSSR count). The van der Waals surface area contributed by atoms with Gasteiger partial charge in [-0.05, 0) is 38.3 Å². The van der Waals surface area contributed by atoms with Crippen LogP contribution < -0.4 is 16.0 Å². The van der Waals surface area contributed by atoms with Crippen LogP contribution in [-0.2, 0) is 16.0 Å². The van der Waals surface area contributed by atoms with E-state index < -0.39 is 0 Å². The number of aryl methyl sites for hydroxylation is 2. The Morgan fingerprint density at radius 1 is 1.18 bits per heavy atom. The van der Waals surface area contributed by atoms with Crippen LogP contribution in [0, 0.1) is 6.92 Å². The summed E-state index contributed by atoms with van der Waals surface area (Å²) in [4.78, 5) is 23.4. The van der Waals surface area contributed by atoms with Crippen LogP contribution in [0.4, 0.5) is 0 Å². The van der Waals surface area contributed by atoms with Crippen molar-refractivity contribution in [3.05, 3.63) is 35.4 Å². The van der Waals surface area contributed by atoms with Gasteiger partial charge in [0.2, 0.25) is 11.8 Å². The highest BCUT2D eigenvalue weighted by Crippen LogP contribution is 2.05. The van der Waals surface area contributed by atoms with E-state index in [1.54, 1.807) is 0 Å². The van der Waals surface area contributed by atoms with Gasteiger partial charge in [0.15, 0.2) is 0 Å². The molecule has 0 bridgehead atoms. The van der Waals surface area contributed by atoms with Crippen LogP contribution in [0.25, 0.3) is 0 Å². The molecule has 120 valence electrons. The fourth-order valence-corrected chi connectivity index (χ4v) is 2.51. The lowest BCUT2D eigenvalue weighted by atomic mass is 10.1. The zero-order valence-corrected chi connectivity index (χ0v) is 13.2. The molecule has 5 nitrogen and oxygen atoms in total. The van der Waals surface area contributed by atoms with Crippen LogP contribution in [0.1, 0.15) is 30.4 Å². The highest BCUT2D eigenvalue weighted by molar-refractivity contribution is 5.84. The van der Waals surface area contributed by atoms with Gasteiger partial charge in [0.25, 0.3) is 0 Å². The topological polar surface area (TPSA) is 70.2 Å². The monoisotopic (exact) mass is 303 g/mol. The fourth-order valence-electron chi connectivity index (χ4n) is 2.51. The molecule has 0 spiro atoms. The molecule has 1 unspecified atom stereocenters. The number of nitrogens with one attached hydrogen (secondary N) is 3. The summed E-state index contributed by atoms with van der Waals surface area (Å²) in [5.41, 5.74) is 2.35. The van der Waals surface area contributed by atoms with Crippen molar-refractivity contribution in [2.45, 2.75) is 38.6 Å². The van der Waals surface area contributed by atoms with Crippen LogP contribution in [0.3, 0.4) is 0 Å². The number of rotatable bonds is 7. The SMILES string of the molecule is Cc1ccc(CCC(=O)NCC(=O)NCC2CCCN2)cc1. The van der Waals surface area contributed by atoms with E-state index in [0.29, 0.717) is 25.4 Å². The van der Waals surface area contributed by atoms with Crippen molar-refractivity contribution in [3.8, 4) is 0 Å². The molecule has 22 heavy (non-hydrogen) atoms. The molecule has 1 saturated heterocycles. The molecule has 1 aromatic rings. The molecule has 0 saturated carbocycles. The molecule has 1 aliphatic rings. The van der Waals surface area contributed by atoms with Gasteiger partial charge in [0.1, 0.15) is 0 Å². The van der Waals surface area contributed by atoms with Crippen molar-refractivity contribution < 1.29 is 9.59 Å². The first kappa shape index (κ1) is 16.5. The van der Waals surface area contributed by atoms with E-state index in [1.807, 2.05) is 31.2 Å². The van der Waals surface area contributed by atoms with Crippen molar-refractivity contribution >= 4 is 11.8 Å². The normalized spacial score (nSPS) is 17.2. The Balaban J connectivity index is 1.58. The third-order valence-corrected chi connectivity index (χ3v) is 3.92. The van der Waals surface area contributed by atoms with Gasteiger partial charge in [-0.2, -0.15) is 0 Å². The predicted molar refractivity (Wildman–Crippen MR) is 86.5 cm³/mol. The maximum Gasteiger partial charge on any atom is 0.239 e. The zero-order chi connectivity index (χ0) is 15.8. The van der Waals surface area contributed by atoms with Crippen molar-refractivity contribution in [1.29, 1.82) is 0 Å². The fraction of sp³-hybridized carbons (Fsp3) is 0.529. The number of benzene rings is 1. The molecule has 3 N–H and O–H groups in total. The summed E-state index contributed by atoms with van der Waals surface area (Å²) in [6.07, 6.45) is 3.36. The standard InChI is InChI=1S/C17H25N3O2/c1-13-4-6-14(7-5-13)8-9-16(21)20-12-17(22)19-11-15-3-2-10-18-15/h4-7,15,18H,2-3,8-12H2,1H3,(H,19,22)(H,20,21). The first-order valence-corrected chi connectivity index (χ1v) is 7.96. The van der Waals surface area contributed by atoms with Crippen LogP contribution in [0.2, 0.25) is 0 Å². The Bertz CT molecular complexity index is 493. The van der Waals surface area contributed by atoms with E-state index >= 15 is 0 Å². The molecular formula is C17H25N3O2. The minimum atomic E-state index is -0.127. The predicted octanol–water partition coefficient (Wildman–Crippen LogP) is 0.912. The van der Waals surface area contributed by atoms with Crippen LogP contribution >= 0.6 is 0 Å². The molecule has 2 amide bonds. The minimum Gasteiger partial charge on any atom is -0.353 e. The van der Waals surface area contributed by atoms with E-state index in [-0.39, 0.29) is 18.4 Å². The lowest BCUT2D eigenvalue weighted by molar-refractivity contribution is -0.126. The van der Waals surface area contributed by atoms with Gasteiger partial charge >= 0.3 is 0 Å². The highest BCUT2D eigenvalue weighted by Gasteiger charge is 2.14. The van der Waals surface area contributed by atoms with Gasteiger partial charge < -0.3 is 16.0 Å². The van der Waals surface area contributed by atoms with Crippen molar-refractivity contribution in [1.82, 2.24) is 16.0 Å². The third-order valence-electron chi connectivity index (χ3n) is 3.92. The van der Waals surface area contributed by atoms with Crippen LogP contribution in [0.15, 0.2) is 24.3 Å². The van der Waals surface area contributed by atoms with Crippen LogP contribution in [-0.4, -0.2) is 37.5 Å². The second-order valence-corrected chi connectivity index (χ2v) is 5.86. The molecule has 0 aliphatic carbocycles. The summed E-state index contributed by atoms with van der Waals surface area (Å²) >= 11 is 0. The molecule has 0 aromatic heterocycles. The molecule has 1 aliphatic heterocycles. The summed E-state index contributed by atoms with van der Waals surface area (Å²) < 4.78 is 0. The Kier molecular flexibility index (Phi) is 6.40. The molecule has 0 radical (unpaired) electrons. The number of carbonyl (C=O) groups excluding carboxylic acids is 2. The lowest BCUT2D eigenvalue weighted by Gasteiger charge is -2.11. The number of hydrogen-bond acceptors (Lipinski definition) is 3. The smallest absolute Gasteiger partial charge is 0.239 e. The second-order valence-electron chi connectivity index (χ2n) is 5.86. The summed E-state index contributed by atoms with van der Waals surface area (Å²) in [7, 11) is 0. The number of carbonyl (C=O) groups is 2. The maximum atomic E-state index is 11.7. The van der Waals surface area contributed by atoms with E-state index in [4.69, 9.17) is 0 Å². The number of hydrogen-bond donors (Lipinski definition) is 3. The van der Waals surface area contributed by atoms with E-state index in [9.17, 15) is 9.59 Å². The van der Waals surface area contributed by atoms with Crippen molar-refractivity contribution in [2.24, 2.45) is 0 Å². The minimum absolute atomic E-state index is 0.0550. The quantitative estimate of drug-likeness (QED) is 0.701. The van der Waals surface area contributed by atoms with Gasteiger partial charge in [0.05, 0.1) is 6.54 Å². The van der Waals surface area contributed by atoms with E-state index in [1.165, 1.54) is 5.56 Å². The highest BCUT2D eigenvalue weighted by atomic mass is 16.2. The Morgan fingerprint density at radius 2 is 1.95 bits per heavy atom. The molecule has 1 aromatic carbocycles. The van der Waals surface area contributed by atoms with Gasteiger partial charge in [-0.15, -0.1) is 0 Å². The average Bonchev–Trinajstić information content (AvgIpc) is 3.04. The summed E-state index contributed by atoms with van der Waals surface area (Å²) in [6, 6.07) is 8.52. The summed E-state index contributed by atoms with van der Waals surface area (Å²) in [5, 5.41) is 8.83. The largest absolute Gasteiger partial charge is 0.353 e. The molecular weight excluding hydrogens is 278 g/mol. The molecule has 1 atom stereocenters. The summed E-state index contributed by atoms with van der Waals surface area (Å²) in [6.45, 7) is 3.75. The van der Waals surface area contributed by atoms with Gasteiger partial charge in [-0.1, -0.05) is 29.8 Å². The van der Waals surface area contributed by atoms with Gasteiger partial charge in [0, 0.05) is 19.0 Å². The van der Waals surface area contributed by atoms with Crippen molar-refractivity contribution in [3.63, 3.8) is 0 Å². The van der Waals surface area contributed by atoms with Gasteiger partial charge in [-0.25, -0.2) is 0 Å². The zero-order valence-electron chi connectivity index (χ0n) is 13.2. The average molecular weight is 303 g/mol. The molecule has 1 fully saturated rings. The van der Waals surface area contributed by atoms with E-state index in [2.05, 4.69) is 16.0 Å². The molecule has 1 heterocycles. The third kappa shape index (κ3) is 5.85.